The van der Waals surface area contributed by atoms with Gasteiger partial charge in [-0.2, -0.15) is 0 Å². The van der Waals surface area contributed by atoms with Gasteiger partial charge in [-0.15, -0.1) is 0 Å². The first kappa shape index (κ1) is 23.1. The van der Waals surface area contributed by atoms with E-state index in [0.717, 1.165) is 17.6 Å². The molecule has 0 fully saturated rings. The quantitative estimate of drug-likeness (QED) is 0.399. The first-order chi connectivity index (χ1) is 16.5. The minimum absolute atomic E-state index is 0.0951. The molecule has 0 saturated heterocycles. The minimum atomic E-state index is -0.313. The summed E-state index contributed by atoms with van der Waals surface area (Å²) in [7, 11) is 1.46. The Labute approximate surface area is 197 Å². The number of carbonyl (C=O) groups excluding carboxylic acids is 2. The van der Waals surface area contributed by atoms with Crippen molar-refractivity contribution in [1.82, 2.24) is 24.8 Å². The topological polar surface area (TPSA) is 111 Å². The molecule has 0 aliphatic carbocycles. The van der Waals surface area contributed by atoms with Crippen molar-refractivity contribution in [3.8, 4) is 0 Å². The van der Waals surface area contributed by atoms with Gasteiger partial charge in [0.1, 0.15) is 6.61 Å². The molecule has 2 aromatic carbocycles. The van der Waals surface area contributed by atoms with Crippen LogP contribution in [0.5, 0.6) is 0 Å². The molecule has 0 saturated carbocycles. The van der Waals surface area contributed by atoms with Crippen molar-refractivity contribution in [2.24, 2.45) is 0 Å². The fraction of sp³-hybridized carbons (Fsp3) is 0.240. The van der Waals surface area contributed by atoms with Gasteiger partial charge in [-0.05, 0) is 31.0 Å². The van der Waals surface area contributed by atoms with E-state index in [1.165, 1.54) is 12.7 Å². The third-order valence-electron chi connectivity index (χ3n) is 5.27. The molecular weight excluding hydrogens is 432 g/mol. The number of rotatable bonds is 9. The van der Waals surface area contributed by atoms with Gasteiger partial charge in [-0.3, -0.25) is 19.6 Å². The summed E-state index contributed by atoms with van der Waals surface area (Å²) < 4.78 is 6.93. The Balaban J connectivity index is 1.59. The summed E-state index contributed by atoms with van der Waals surface area (Å²) in [6.45, 7) is 2.66. The number of amides is 2. The molecule has 2 aromatic heterocycles. The zero-order chi connectivity index (χ0) is 23.9. The van der Waals surface area contributed by atoms with E-state index in [0.29, 0.717) is 29.0 Å². The fourth-order valence-electron chi connectivity index (χ4n) is 3.60. The van der Waals surface area contributed by atoms with Gasteiger partial charge < -0.3 is 19.9 Å². The van der Waals surface area contributed by atoms with E-state index in [1.807, 2.05) is 29.7 Å². The van der Waals surface area contributed by atoms with Gasteiger partial charge in [0.25, 0.3) is 5.91 Å². The van der Waals surface area contributed by atoms with Crippen molar-refractivity contribution in [3.05, 3.63) is 83.7 Å². The molecule has 9 heteroatoms. The van der Waals surface area contributed by atoms with Crippen LogP contribution >= 0.6 is 0 Å². The van der Waals surface area contributed by atoms with Crippen molar-refractivity contribution in [2.75, 3.05) is 19.0 Å². The number of nitrogens with one attached hydrogen (secondary N) is 2. The van der Waals surface area contributed by atoms with Crippen LogP contribution in [0.4, 0.5) is 5.69 Å². The molecule has 34 heavy (non-hydrogen) atoms. The summed E-state index contributed by atoms with van der Waals surface area (Å²) in [5.41, 5.74) is 4.91. The third-order valence-corrected chi connectivity index (χ3v) is 5.27. The lowest BCUT2D eigenvalue weighted by Crippen LogP contribution is -2.24. The van der Waals surface area contributed by atoms with E-state index in [-0.39, 0.29) is 25.0 Å². The molecule has 174 valence electrons. The summed E-state index contributed by atoms with van der Waals surface area (Å²) in [4.78, 5) is 38.1. The average Bonchev–Trinajstić information content (AvgIpc) is 3.26. The molecule has 2 heterocycles. The lowest BCUT2D eigenvalue weighted by Gasteiger charge is -2.12. The van der Waals surface area contributed by atoms with Crippen LogP contribution in [0.1, 0.15) is 27.3 Å². The predicted molar refractivity (Wildman–Crippen MR) is 128 cm³/mol. The molecule has 2 amide bonds. The molecule has 9 nitrogen and oxygen atoms in total. The van der Waals surface area contributed by atoms with Gasteiger partial charge in [0.15, 0.2) is 0 Å². The maximum atomic E-state index is 12.9. The average molecular weight is 459 g/mol. The van der Waals surface area contributed by atoms with Gasteiger partial charge in [0, 0.05) is 25.4 Å². The van der Waals surface area contributed by atoms with Crippen LogP contribution in [-0.2, 0) is 29.0 Å². The molecule has 4 rings (SSSR count). The first-order valence-electron chi connectivity index (χ1n) is 10.9. The van der Waals surface area contributed by atoms with Crippen molar-refractivity contribution >= 4 is 28.5 Å². The Hall–Kier alpha value is -4.11. The molecular formula is C25H26N6O3. The van der Waals surface area contributed by atoms with Gasteiger partial charge in [0.05, 0.1) is 47.2 Å². The highest BCUT2D eigenvalue weighted by Gasteiger charge is 2.16. The molecule has 0 radical (unpaired) electrons. The number of aromatic nitrogens is 4. The second kappa shape index (κ2) is 10.7. The summed E-state index contributed by atoms with van der Waals surface area (Å²) in [6.07, 6.45) is 5.81. The van der Waals surface area contributed by atoms with Gasteiger partial charge in [-0.1, -0.05) is 30.3 Å². The lowest BCUT2D eigenvalue weighted by atomic mass is 10.1. The number of carbonyl (C=O) groups is 2. The normalized spacial score (nSPS) is 10.9. The van der Waals surface area contributed by atoms with Crippen LogP contribution in [-0.4, -0.2) is 45.1 Å². The first-order valence-corrected chi connectivity index (χ1v) is 10.9. The fourth-order valence-corrected chi connectivity index (χ4v) is 3.60. The van der Waals surface area contributed by atoms with E-state index in [2.05, 4.69) is 37.7 Å². The second-order valence-corrected chi connectivity index (χ2v) is 7.88. The third kappa shape index (κ3) is 5.62. The number of nitrogens with zero attached hydrogens (tertiary/aromatic N) is 4. The zero-order valence-corrected chi connectivity index (χ0v) is 19.1. The molecule has 0 atom stereocenters. The lowest BCUT2D eigenvalue weighted by molar-refractivity contribution is -0.119. The van der Waals surface area contributed by atoms with Crippen LogP contribution in [0, 0.1) is 6.92 Å². The van der Waals surface area contributed by atoms with Crippen LogP contribution in [0.2, 0.25) is 0 Å². The highest BCUT2D eigenvalue weighted by atomic mass is 16.5. The maximum Gasteiger partial charge on any atom is 0.251 e. The van der Waals surface area contributed by atoms with Crippen molar-refractivity contribution < 1.29 is 14.3 Å². The van der Waals surface area contributed by atoms with Gasteiger partial charge in [0.2, 0.25) is 5.91 Å². The number of hydrogen-bond donors (Lipinski definition) is 2. The van der Waals surface area contributed by atoms with E-state index in [4.69, 9.17) is 4.74 Å². The Morgan fingerprint density at radius 1 is 1.06 bits per heavy atom. The number of benzene rings is 2. The van der Waals surface area contributed by atoms with E-state index >= 15 is 0 Å². The monoisotopic (exact) mass is 458 g/mol. The van der Waals surface area contributed by atoms with Crippen molar-refractivity contribution in [1.29, 1.82) is 0 Å². The Bertz CT molecular complexity index is 1290. The van der Waals surface area contributed by atoms with Crippen LogP contribution < -0.4 is 10.6 Å². The van der Waals surface area contributed by atoms with E-state index in [9.17, 15) is 9.59 Å². The van der Waals surface area contributed by atoms with Crippen LogP contribution in [0.3, 0.4) is 0 Å². The highest BCUT2D eigenvalue weighted by Crippen LogP contribution is 2.26. The van der Waals surface area contributed by atoms with Gasteiger partial charge in [-0.25, -0.2) is 4.98 Å². The maximum absolute atomic E-state index is 12.9. The summed E-state index contributed by atoms with van der Waals surface area (Å²) >= 11 is 0. The van der Waals surface area contributed by atoms with Gasteiger partial charge >= 0.3 is 0 Å². The predicted octanol–water partition coefficient (Wildman–Crippen LogP) is 2.89. The highest BCUT2D eigenvalue weighted by molar-refractivity contribution is 6.05. The zero-order valence-electron chi connectivity index (χ0n) is 19.1. The molecule has 2 N–H and O–H groups in total. The number of hydrogen-bond acceptors (Lipinski definition) is 6. The molecule has 0 unspecified atom stereocenters. The van der Waals surface area contributed by atoms with E-state index in [1.54, 1.807) is 30.9 Å². The standard InChI is InChI=1S/C25H26N6O3/c1-17-12-27-20(13-26-17)14-28-25(33)19-10-21-24(22(11-19)30-23(32)15-34-2)31(16-29-21)9-8-18-6-4-3-5-7-18/h3-7,10-13,16H,8-9,14-15H2,1-2H3,(H,28,33)(H,30,32). The van der Waals surface area contributed by atoms with Crippen molar-refractivity contribution in [3.63, 3.8) is 0 Å². The summed E-state index contributed by atoms with van der Waals surface area (Å²) in [5, 5.41) is 5.70. The second-order valence-electron chi connectivity index (χ2n) is 7.88. The largest absolute Gasteiger partial charge is 0.375 e. The smallest absolute Gasteiger partial charge is 0.251 e. The number of aryl methyl sites for hydroxylation is 3. The number of imidazole rings is 1. The number of anilines is 1. The molecule has 0 spiro atoms. The molecule has 0 bridgehead atoms. The summed E-state index contributed by atoms with van der Waals surface area (Å²) in [5.74, 6) is -0.613. The Morgan fingerprint density at radius 2 is 1.88 bits per heavy atom. The van der Waals surface area contributed by atoms with Crippen molar-refractivity contribution in [2.45, 2.75) is 26.4 Å². The minimum Gasteiger partial charge on any atom is -0.375 e. The summed E-state index contributed by atoms with van der Waals surface area (Å²) in [6, 6.07) is 13.5. The Kier molecular flexibility index (Phi) is 7.24. The molecule has 4 aromatic rings. The number of methoxy groups -OCH3 is 1. The van der Waals surface area contributed by atoms with Crippen LogP contribution in [0.15, 0.2) is 61.2 Å². The Morgan fingerprint density at radius 3 is 2.62 bits per heavy atom. The SMILES string of the molecule is COCC(=O)Nc1cc(C(=O)NCc2cnc(C)cn2)cc2ncn(CCc3ccccc3)c12. The number of ether oxygens (including phenoxy) is 1. The number of fused-ring (bicyclic) bond motifs is 1. The van der Waals surface area contributed by atoms with E-state index < -0.39 is 0 Å². The molecule has 0 aliphatic heterocycles. The molecule has 0 aliphatic rings. The van der Waals surface area contributed by atoms with Crippen LogP contribution in [0.25, 0.3) is 11.0 Å².